The van der Waals surface area contributed by atoms with E-state index >= 15 is 0 Å². The van der Waals surface area contributed by atoms with Crippen LogP contribution in [0.3, 0.4) is 0 Å². The van der Waals surface area contributed by atoms with Gasteiger partial charge in [-0.15, -0.1) is 0 Å². The molecule has 0 fully saturated rings. The topological polar surface area (TPSA) is 134 Å². The molecule has 2 aromatic carbocycles. The van der Waals surface area contributed by atoms with Crippen molar-refractivity contribution >= 4 is 23.5 Å². The molecular weight excluding hydrogens is 444 g/mol. The maximum Gasteiger partial charge on any atom is 0.408 e. The molecule has 2 atom stereocenters. The van der Waals surface area contributed by atoms with Crippen LogP contribution in [0, 0.1) is 10.1 Å². The van der Waals surface area contributed by atoms with Gasteiger partial charge >= 0.3 is 12.1 Å². The van der Waals surface area contributed by atoms with Crippen LogP contribution in [0.5, 0.6) is 0 Å². The fraction of sp³-hybridized carbons (Fsp3) is 0.375. The monoisotopic (exact) mass is 472 g/mol. The van der Waals surface area contributed by atoms with Gasteiger partial charge in [0.2, 0.25) is 5.78 Å². The van der Waals surface area contributed by atoms with Crippen LogP contribution in [0.1, 0.15) is 43.6 Å². The summed E-state index contributed by atoms with van der Waals surface area (Å²) in [4.78, 5) is 47.7. The number of hydrogen-bond acceptors (Lipinski definition) is 8. The number of carbonyl (C=O) groups is 3. The van der Waals surface area contributed by atoms with Crippen molar-refractivity contribution < 1.29 is 33.5 Å². The Morgan fingerprint density at radius 2 is 1.74 bits per heavy atom. The highest BCUT2D eigenvalue weighted by Crippen LogP contribution is 2.15. The van der Waals surface area contributed by atoms with E-state index in [4.69, 9.17) is 14.2 Å². The van der Waals surface area contributed by atoms with E-state index in [1.54, 1.807) is 27.7 Å². The maximum atomic E-state index is 12.8. The van der Waals surface area contributed by atoms with Crippen LogP contribution in [0.4, 0.5) is 10.5 Å². The van der Waals surface area contributed by atoms with Gasteiger partial charge in [-0.3, -0.25) is 14.9 Å². The third kappa shape index (κ3) is 8.62. The van der Waals surface area contributed by atoms with E-state index in [1.165, 1.54) is 18.2 Å². The van der Waals surface area contributed by atoms with Gasteiger partial charge in [-0.25, -0.2) is 9.59 Å². The van der Waals surface area contributed by atoms with Crippen molar-refractivity contribution in [3.63, 3.8) is 0 Å². The zero-order chi connectivity index (χ0) is 25.3. The third-order valence-electron chi connectivity index (χ3n) is 4.48. The molecule has 0 unspecified atom stereocenters. The largest absolute Gasteiger partial charge is 0.456 e. The van der Waals surface area contributed by atoms with Crippen molar-refractivity contribution in [2.75, 3.05) is 6.61 Å². The molecule has 0 aliphatic carbocycles. The minimum absolute atomic E-state index is 0.0204. The molecule has 0 spiro atoms. The van der Waals surface area contributed by atoms with Crippen molar-refractivity contribution in [1.82, 2.24) is 5.32 Å². The first-order valence-corrected chi connectivity index (χ1v) is 10.6. The lowest BCUT2D eigenvalue weighted by molar-refractivity contribution is -0.384. The van der Waals surface area contributed by atoms with E-state index in [1.807, 2.05) is 30.3 Å². The average molecular weight is 472 g/mol. The number of ketones is 1. The van der Waals surface area contributed by atoms with E-state index in [-0.39, 0.29) is 17.9 Å². The molecule has 0 radical (unpaired) electrons. The molecule has 0 saturated carbocycles. The second-order valence-electron chi connectivity index (χ2n) is 8.46. The number of nitrogens with one attached hydrogen (secondary N) is 1. The fourth-order valence-corrected chi connectivity index (χ4v) is 2.80. The van der Waals surface area contributed by atoms with E-state index in [2.05, 4.69) is 5.32 Å². The van der Waals surface area contributed by atoms with Gasteiger partial charge in [-0.1, -0.05) is 42.5 Å². The summed E-state index contributed by atoms with van der Waals surface area (Å²) in [7, 11) is 0. The van der Waals surface area contributed by atoms with Crippen LogP contribution < -0.4 is 5.32 Å². The number of rotatable bonds is 10. The predicted octanol–water partition coefficient (Wildman–Crippen LogP) is 3.82. The van der Waals surface area contributed by atoms with Gasteiger partial charge in [0.05, 0.1) is 17.6 Å². The number of amides is 1. The Labute approximate surface area is 197 Å². The summed E-state index contributed by atoms with van der Waals surface area (Å²) < 4.78 is 16.1. The minimum Gasteiger partial charge on any atom is -0.456 e. The second kappa shape index (κ2) is 11.9. The number of benzene rings is 2. The quantitative estimate of drug-likeness (QED) is 0.239. The van der Waals surface area contributed by atoms with Gasteiger partial charge in [0.1, 0.15) is 5.60 Å². The standard InChI is InChI=1S/C24H28N2O8/c1-16(32-14-17-9-6-5-7-10-17)21(25-23(29)34-24(2,3)4)22(28)33-15-20(27)18-11-8-12-19(13-18)26(30)31/h5-13,16,21H,14-15H2,1-4H3,(H,25,29)/t16-,21+/m1/s1. The van der Waals surface area contributed by atoms with Gasteiger partial charge in [-0.05, 0) is 33.3 Å². The molecule has 0 saturated heterocycles. The molecule has 10 nitrogen and oxygen atoms in total. The number of nitro groups is 1. The summed E-state index contributed by atoms with van der Waals surface area (Å²) >= 11 is 0. The smallest absolute Gasteiger partial charge is 0.408 e. The van der Waals surface area contributed by atoms with Gasteiger partial charge < -0.3 is 19.5 Å². The number of non-ortho nitro benzene ring substituents is 1. The number of Topliss-reactive ketones (excluding diaryl/α,β-unsaturated/α-hetero) is 1. The summed E-state index contributed by atoms with van der Waals surface area (Å²) in [5, 5.41) is 13.4. The second-order valence-corrected chi connectivity index (χ2v) is 8.46. The van der Waals surface area contributed by atoms with Crippen LogP contribution in [-0.2, 0) is 25.6 Å². The first kappa shape index (κ1) is 26.5. The van der Waals surface area contributed by atoms with Crippen molar-refractivity contribution in [2.24, 2.45) is 0 Å². The van der Waals surface area contributed by atoms with Crippen LogP contribution in [0.25, 0.3) is 0 Å². The molecule has 0 heterocycles. The number of ether oxygens (including phenoxy) is 3. The molecular formula is C24H28N2O8. The molecule has 0 aromatic heterocycles. The van der Waals surface area contributed by atoms with E-state index in [0.717, 1.165) is 11.6 Å². The summed E-state index contributed by atoms with van der Waals surface area (Å²) in [5.41, 5.74) is -0.179. The lowest BCUT2D eigenvalue weighted by atomic mass is 10.1. The zero-order valence-corrected chi connectivity index (χ0v) is 19.5. The summed E-state index contributed by atoms with van der Waals surface area (Å²) in [6.45, 7) is 6.10. The molecule has 0 aliphatic rings. The number of carbonyl (C=O) groups excluding carboxylic acids is 3. The Morgan fingerprint density at radius 1 is 1.06 bits per heavy atom. The lowest BCUT2D eigenvalue weighted by Gasteiger charge is -2.26. The molecule has 0 bridgehead atoms. The summed E-state index contributed by atoms with van der Waals surface area (Å²) in [5.74, 6) is -1.55. The zero-order valence-electron chi connectivity index (χ0n) is 19.5. The highest BCUT2D eigenvalue weighted by Gasteiger charge is 2.31. The molecule has 2 rings (SSSR count). The minimum atomic E-state index is -1.27. The molecule has 0 aliphatic heterocycles. The van der Waals surface area contributed by atoms with Crippen LogP contribution in [0.2, 0.25) is 0 Å². The first-order chi connectivity index (χ1) is 16.0. The molecule has 1 amide bonds. The number of nitro benzene ring substituents is 1. The van der Waals surface area contributed by atoms with Gasteiger partial charge in [0.15, 0.2) is 12.6 Å². The van der Waals surface area contributed by atoms with E-state index in [9.17, 15) is 24.5 Å². The molecule has 2 aromatic rings. The van der Waals surface area contributed by atoms with Crippen molar-refractivity contribution in [3.8, 4) is 0 Å². The lowest BCUT2D eigenvalue weighted by Crippen LogP contribution is -2.51. The number of esters is 1. The van der Waals surface area contributed by atoms with E-state index in [0.29, 0.717) is 0 Å². The predicted molar refractivity (Wildman–Crippen MR) is 122 cm³/mol. The molecule has 34 heavy (non-hydrogen) atoms. The maximum absolute atomic E-state index is 12.8. The molecule has 182 valence electrons. The van der Waals surface area contributed by atoms with Gasteiger partial charge in [0.25, 0.3) is 5.69 Å². The SMILES string of the molecule is C[C@@H](OCc1ccccc1)[C@H](NC(=O)OC(C)(C)C)C(=O)OCC(=O)c1cccc([N+](=O)[O-])c1. The highest BCUT2D eigenvalue weighted by molar-refractivity contribution is 5.98. The number of alkyl carbamates (subject to hydrolysis) is 1. The van der Waals surface area contributed by atoms with Crippen molar-refractivity contribution in [2.45, 2.75) is 52.0 Å². The van der Waals surface area contributed by atoms with Gasteiger partial charge in [0, 0.05) is 17.7 Å². The van der Waals surface area contributed by atoms with Crippen molar-refractivity contribution in [1.29, 1.82) is 0 Å². The van der Waals surface area contributed by atoms with Crippen LogP contribution >= 0.6 is 0 Å². The van der Waals surface area contributed by atoms with E-state index < -0.39 is 47.1 Å². The first-order valence-electron chi connectivity index (χ1n) is 10.6. The number of hydrogen-bond donors (Lipinski definition) is 1. The Kier molecular flexibility index (Phi) is 9.26. The molecule has 10 heteroatoms. The highest BCUT2D eigenvalue weighted by atomic mass is 16.6. The van der Waals surface area contributed by atoms with Crippen LogP contribution in [-0.4, -0.2) is 47.1 Å². The Bertz CT molecular complexity index is 1020. The Morgan fingerprint density at radius 3 is 2.35 bits per heavy atom. The average Bonchev–Trinajstić information content (AvgIpc) is 2.78. The Balaban J connectivity index is 2.07. The fourth-order valence-electron chi connectivity index (χ4n) is 2.80. The summed E-state index contributed by atoms with van der Waals surface area (Å²) in [6.07, 6.45) is -1.68. The van der Waals surface area contributed by atoms with Crippen LogP contribution in [0.15, 0.2) is 54.6 Å². The Hall–Kier alpha value is -3.79. The third-order valence-corrected chi connectivity index (χ3v) is 4.48. The number of nitrogens with zero attached hydrogens (tertiary/aromatic N) is 1. The molecule has 1 N–H and O–H groups in total. The normalized spacial score (nSPS) is 12.8. The van der Waals surface area contributed by atoms with Crippen molar-refractivity contribution in [3.05, 3.63) is 75.8 Å². The summed E-state index contributed by atoms with van der Waals surface area (Å²) in [6, 6.07) is 13.0. The van der Waals surface area contributed by atoms with Gasteiger partial charge in [-0.2, -0.15) is 0 Å².